The molecule has 0 aliphatic carbocycles. The molecular weight excluding hydrogens is 314 g/mol. The number of fused-ring (bicyclic) bond motifs is 1. The van der Waals surface area contributed by atoms with E-state index < -0.39 is 0 Å². The maximum Gasteiger partial charge on any atom is 0.243 e. The average molecular weight is 324 g/mol. The topological polar surface area (TPSA) is 55.1 Å². The predicted molar refractivity (Wildman–Crippen MR) is 74.9 cm³/mol. The fourth-order valence-electron chi connectivity index (χ4n) is 1.59. The van der Waals surface area contributed by atoms with Crippen molar-refractivity contribution in [3.05, 3.63) is 38.9 Å². The number of halogens is 1. The van der Waals surface area contributed by atoms with Crippen LogP contribution in [-0.2, 0) is 6.54 Å². The van der Waals surface area contributed by atoms with Crippen molar-refractivity contribution < 1.29 is 0 Å². The van der Waals surface area contributed by atoms with E-state index in [0.717, 1.165) is 15.1 Å². The third-order valence-corrected chi connectivity index (χ3v) is 3.77. The number of pyridine rings is 1. The molecule has 0 aliphatic rings. The molecule has 3 rings (SSSR count). The molecule has 0 saturated carbocycles. The van der Waals surface area contributed by atoms with Crippen LogP contribution in [0, 0.1) is 6.92 Å². The van der Waals surface area contributed by atoms with E-state index in [1.807, 2.05) is 31.5 Å². The number of nitrogens with one attached hydrogen (secondary N) is 1. The predicted octanol–water partition coefficient (Wildman–Crippen LogP) is 2.87. The van der Waals surface area contributed by atoms with Gasteiger partial charge in [-0.3, -0.25) is 0 Å². The van der Waals surface area contributed by atoms with Crippen LogP contribution in [0.1, 0.15) is 9.88 Å². The molecule has 0 aromatic carbocycles. The Morgan fingerprint density at radius 3 is 3.11 bits per heavy atom. The van der Waals surface area contributed by atoms with E-state index in [4.69, 9.17) is 0 Å². The van der Waals surface area contributed by atoms with Crippen molar-refractivity contribution in [3.63, 3.8) is 0 Å². The molecule has 0 spiro atoms. The van der Waals surface area contributed by atoms with Gasteiger partial charge in [-0.15, -0.1) is 16.4 Å². The Morgan fingerprint density at radius 2 is 2.33 bits per heavy atom. The first-order valence-electron chi connectivity index (χ1n) is 5.38. The highest BCUT2D eigenvalue weighted by Gasteiger charge is 2.04. The van der Waals surface area contributed by atoms with Crippen LogP contribution in [-0.4, -0.2) is 19.6 Å². The minimum Gasteiger partial charge on any atom is -0.348 e. The minimum atomic E-state index is 0.624. The molecule has 1 N–H and O–H groups in total. The van der Waals surface area contributed by atoms with Crippen molar-refractivity contribution in [1.82, 2.24) is 19.6 Å². The van der Waals surface area contributed by atoms with Gasteiger partial charge < -0.3 is 5.32 Å². The Morgan fingerprint density at radius 1 is 1.44 bits per heavy atom. The Hall–Kier alpha value is -1.47. The van der Waals surface area contributed by atoms with E-state index in [9.17, 15) is 0 Å². The Labute approximate surface area is 116 Å². The van der Waals surface area contributed by atoms with Crippen LogP contribution in [0.3, 0.4) is 0 Å². The van der Waals surface area contributed by atoms with Gasteiger partial charge in [0.05, 0.1) is 11.6 Å². The van der Waals surface area contributed by atoms with E-state index in [1.165, 1.54) is 4.88 Å². The standard InChI is InChI=1S/C11H10BrN5S/c1-7-13-4-9(18-7)5-14-11-15-10-3-2-8(12)6-17(10)16-11/h2-4,6H,5H2,1H3,(H,14,16). The highest BCUT2D eigenvalue weighted by Crippen LogP contribution is 2.15. The van der Waals surface area contributed by atoms with Crippen LogP contribution >= 0.6 is 27.3 Å². The van der Waals surface area contributed by atoms with Crippen LogP contribution in [0.15, 0.2) is 29.0 Å². The molecule has 3 heterocycles. The van der Waals surface area contributed by atoms with Crippen LogP contribution in [0.5, 0.6) is 0 Å². The van der Waals surface area contributed by atoms with Crippen molar-refractivity contribution in [2.24, 2.45) is 0 Å². The van der Waals surface area contributed by atoms with Crippen LogP contribution < -0.4 is 5.32 Å². The van der Waals surface area contributed by atoms with Crippen molar-refractivity contribution in [2.75, 3.05) is 5.32 Å². The molecule has 0 unspecified atom stereocenters. The quantitative estimate of drug-likeness (QED) is 0.805. The fourth-order valence-corrected chi connectivity index (χ4v) is 2.65. The van der Waals surface area contributed by atoms with Gasteiger partial charge in [0.25, 0.3) is 0 Å². The first-order chi connectivity index (χ1) is 8.70. The molecule has 3 aromatic heterocycles. The Kier molecular flexibility index (Phi) is 3.00. The summed E-state index contributed by atoms with van der Waals surface area (Å²) in [7, 11) is 0. The molecule has 3 aromatic rings. The van der Waals surface area contributed by atoms with Gasteiger partial charge in [0.1, 0.15) is 0 Å². The molecule has 0 fully saturated rings. The zero-order chi connectivity index (χ0) is 12.5. The lowest BCUT2D eigenvalue weighted by Crippen LogP contribution is -1.99. The first kappa shape index (κ1) is 11.6. The van der Waals surface area contributed by atoms with Gasteiger partial charge in [0.2, 0.25) is 5.95 Å². The monoisotopic (exact) mass is 323 g/mol. The van der Waals surface area contributed by atoms with Gasteiger partial charge >= 0.3 is 0 Å². The molecule has 7 heteroatoms. The summed E-state index contributed by atoms with van der Waals surface area (Å²) in [6, 6.07) is 3.86. The number of nitrogens with zero attached hydrogens (tertiary/aromatic N) is 4. The van der Waals surface area contributed by atoms with Crippen LogP contribution in [0.2, 0.25) is 0 Å². The molecule has 5 nitrogen and oxygen atoms in total. The number of aryl methyl sites for hydroxylation is 1. The van der Waals surface area contributed by atoms with Crippen LogP contribution in [0.4, 0.5) is 5.95 Å². The molecule has 0 atom stereocenters. The molecule has 0 radical (unpaired) electrons. The number of anilines is 1. The zero-order valence-electron chi connectivity index (χ0n) is 9.59. The summed E-state index contributed by atoms with van der Waals surface area (Å²) in [6.45, 7) is 2.69. The first-order valence-corrected chi connectivity index (χ1v) is 6.99. The van der Waals surface area contributed by atoms with Gasteiger partial charge in [-0.2, -0.15) is 4.98 Å². The smallest absolute Gasteiger partial charge is 0.243 e. The van der Waals surface area contributed by atoms with Gasteiger partial charge in [0, 0.05) is 21.7 Å². The number of thiazole rings is 1. The second kappa shape index (κ2) is 4.66. The largest absolute Gasteiger partial charge is 0.348 e. The fraction of sp³-hybridized carbons (Fsp3) is 0.182. The molecule has 0 aliphatic heterocycles. The summed E-state index contributed by atoms with van der Waals surface area (Å²) in [4.78, 5) is 9.76. The van der Waals surface area contributed by atoms with E-state index in [-0.39, 0.29) is 0 Å². The summed E-state index contributed by atoms with van der Waals surface area (Å²) in [6.07, 6.45) is 3.75. The van der Waals surface area contributed by atoms with Crippen molar-refractivity contribution in [3.8, 4) is 0 Å². The lowest BCUT2D eigenvalue weighted by atomic mass is 10.5. The zero-order valence-corrected chi connectivity index (χ0v) is 12.0. The molecule has 0 bridgehead atoms. The summed E-state index contributed by atoms with van der Waals surface area (Å²) in [5.74, 6) is 0.624. The van der Waals surface area contributed by atoms with Crippen LogP contribution in [0.25, 0.3) is 5.65 Å². The number of hydrogen-bond acceptors (Lipinski definition) is 5. The molecule has 0 amide bonds. The molecular formula is C11H10BrN5S. The molecule has 18 heavy (non-hydrogen) atoms. The summed E-state index contributed by atoms with van der Waals surface area (Å²) < 4.78 is 2.72. The lowest BCUT2D eigenvalue weighted by molar-refractivity contribution is 0.948. The highest BCUT2D eigenvalue weighted by atomic mass is 79.9. The minimum absolute atomic E-state index is 0.624. The maximum atomic E-state index is 4.38. The summed E-state index contributed by atoms with van der Waals surface area (Å²) >= 11 is 5.08. The van der Waals surface area contributed by atoms with E-state index in [1.54, 1.807) is 15.9 Å². The highest BCUT2D eigenvalue weighted by molar-refractivity contribution is 9.10. The van der Waals surface area contributed by atoms with Gasteiger partial charge in [-0.05, 0) is 35.0 Å². The Bertz CT molecular complexity index is 690. The van der Waals surface area contributed by atoms with Crippen molar-refractivity contribution >= 4 is 38.9 Å². The van der Waals surface area contributed by atoms with E-state index >= 15 is 0 Å². The number of hydrogen-bond donors (Lipinski definition) is 1. The molecule has 92 valence electrons. The third kappa shape index (κ3) is 2.37. The second-order valence-electron chi connectivity index (χ2n) is 3.78. The summed E-state index contributed by atoms with van der Waals surface area (Å²) in [5, 5.41) is 8.61. The normalized spacial score (nSPS) is 11.0. The second-order valence-corrected chi connectivity index (χ2v) is 6.02. The Balaban J connectivity index is 1.78. The lowest BCUT2D eigenvalue weighted by Gasteiger charge is -1.96. The van der Waals surface area contributed by atoms with E-state index in [0.29, 0.717) is 12.5 Å². The number of aromatic nitrogens is 4. The van der Waals surface area contributed by atoms with Crippen molar-refractivity contribution in [1.29, 1.82) is 0 Å². The van der Waals surface area contributed by atoms with Gasteiger partial charge in [-0.25, -0.2) is 9.50 Å². The van der Waals surface area contributed by atoms with Crippen molar-refractivity contribution in [2.45, 2.75) is 13.5 Å². The molecule has 0 saturated heterocycles. The number of rotatable bonds is 3. The summed E-state index contributed by atoms with van der Waals surface area (Å²) in [5.41, 5.74) is 0.821. The maximum absolute atomic E-state index is 4.38. The van der Waals surface area contributed by atoms with Gasteiger partial charge in [-0.1, -0.05) is 0 Å². The van der Waals surface area contributed by atoms with Gasteiger partial charge in [0.15, 0.2) is 5.65 Å². The van der Waals surface area contributed by atoms with E-state index in [2.05, 4.69) is 36.3 Å². The average Bonchev–Trinajstić information content (AvgIpc) is 2.92. The SMILES string of the molecule is Cc1ncc(CNc2nc3ccc(Br)cn3n2)s1. The third-order valence-electron chi connectivity index (χ3n) is 2.38.